The van der Waals surface area contributed by atoms with Gasteiger partial charge in [0.1, 0.15) is 0 Å². The second-order valence-corrected chi connectivity index (χ2v) is 5.81. The van der Waals surface area contributed by atoms with E-state index in [2.05, 4.69) is 70.0 Å². The van der Waals surface area contributed by atoms with Gasteiger partial charge in [0.2, 0.25) is 0 Å². The Morgan fingerprint density at radius 3 is 2.26 bits per heavy atom. The van der Waals surface area contributed by atoms with Gasteiger partial charge in [-0.05, 0) is 55.5 Å². The quantitative estimate of drug-likeness (QED) is 0.645. The van der Waals surface area contributed by atoms with Gasteiger partial charge in [-0.25, -0.2) is 0 Å². The maximum atomic E-state index is 4.57. The highest BCUT2D eigenvalue weighted by Crippen LogP contribution is 2.18. The van der Waals surface area contributed by atoms with Crippen LogP contribution in [-0.2, 0) is 0 Å². The standard InChI is InChI=1S/C20H21N3/c1-16-6-8-17(9-7-16)21-15-20-5-4-14-23(20)19-12-10-18(11-13-19)22(2)3/h4-15H,1-3H3. The lowest BCUT2D eigenvalue weighted by Gasteiger charge is -2.13. The molecule has 0 aliphatic carbocycles. The number of anilines is 1. The molecule has 0 saturated heterocycles. The third kappa shape index (κ3) is 3.51. The minimum absolute atomic E-state index is 0.964. The Kier molecular flexibility index (Phi) is 4.29. The Balaban J connectivity index is 1.85. The molecule has 0 aliphatic heterocycles. The molecule has 0 N–H and O–H groups in total. The molecule has 0 spiro atoms. The lowest BCUT2D eigenvalue weighted by atomic mass is 10.2. The van der Waals surface area contributed by atoms with E-state index in [0.29, 0.717) is 0 Å². The zero-order valence-corrected chi connectivity index (χ0v) is 13.8. The van der Waals surface area contributed by atoms with Crippen molar-refractivity contribution in [2.45, 2.75) is 6.92 Å². The number of rotatable bonds is 4. The lowest BCUT2D eigenvalue weighted by molar-refractivity contribution is 1.06. The van der Waals surface area contributed by atoms with E-state index in [-0.39, 0.29) is 0 Å². The molecule has 0 bridgehead atoms. The molecule has 3 heteroatoms. The Bertz CT molecular complexity index is 794. The van der Waals surface area contributed by atoms with Gasteiger partial charge in [-0.1, -0.05) is 17.7 Å². The molecule has 1 aromatic heterocycles. The summed E-state index contributed by atoms with van der Waals surface area (Å²) in [6.45, 7) is 2.08. The van der Waals surface area contributed by atoms with E-state index in [9.17, 15) is 0 Å². The van der Waals surface area contributed by atoms with Crippen molar-refractivity contribution in [1.82, 2.24) is 4.57 Å². The lowest BCUT2D eigenvalue weighted by Crippen LogP contribution is -2.08. The molecule has 0 fully saturated rings. The molecule has 0 unspecified atom stereocenters. The molecule has 2 aromatic carbocycles. The van der Waals surface area contributed by atoms with Gasteiger partial charge < -0.3 is 9.47 Å². The van der Waals surface area contributed by atoms with E-state index in [0.717, 1.165) is 17.1 Å². The van der Waals surface area contributed by atoms with Crippen molar-refractivity contribution >= 4 is 17.6 Å². The molecule has 0 atom stereocenters. The summed E-state index contributed by atoms with van der Waals surface area (Å²) in [7, 11) is 4.09. The summed E-state index contributed by atoms with van der Waals surface area (Å²) < 4.78 is 2.14. The predicted octanol–water partition coefficient (Wildman–Crippen LogP) is 4.60. The summed E-state index contributed by atoms with van der Waals surface area (Å²) in [5.41, 5.74) is 5.59. The normalized spacial score (nSPS) is 11.1. The highest BCUT2D eigenvalue weighted by atomic mass is 15.1. The van der Waals surface area contributed by atoms with Crippen molar-refractivity contribution in [1.29, 1.82) is 0 Å². The Labute approximate surface area is 137 Å². The number of hydrogen-bond acceptors (Lipinski definition) is 2. The van der Waals surface area contributed by atoms with Crippen LogP contribution in [0, 0.1) is 6.92 Å². The number of hydrogen-bond donors (Lipinski definition) is 0. The van der Waals surface area contributed by atoms with Crippen LogP contribution in [0.15, 0.2) is 71.9 Å². The number of benzene rings is 2. The Morgan fingerprint density at radius 1 is 0.913 bits per heavy atom. The molecule has 0 aliphatic rings. The van der Waals surface area contributed by atoms with E-state index in [1.807, 2.05) is 38.5 Å². The van der Waals surface area contributed by atoms with E-state index >= 15 is 0 Å². The maximum Gasteiger partial charge on any atom is 0.0639 e. The molecule has 1 heterocycles. The smallest absolute Gasteiger partial charge is 0.0639 e. The van der Waals surface area contributed by atoms with Crippen LogP contribution < -0.4 is 4.90 Å². The molecule has 0 radical (unpaired) electrons. The molecular formula is C20H21N3. The summed E-state index contributed by atoms with van der Waals surface area (Å²) in [6.07, 6.45) is 3.96. The molecule has 116 valence electrons. The van der Waals surface area contributed by atoms with Crippen LogP contribution in [0.5, 0.6) is 0 Å². The SMILES string of the molecule is Cc1ccc(N=Cc2cccn2-c2ccc(N(C)C)cc2)cc1. The van der Waals surface area contributed by atoms with Crippen molar-refractivity contribution in [3.05, 3.63) is 78.1 Å². The average molecular weight is 303 g/mol. The van der Waals surface area contributed by atoms with Crippen LogP contribution >= 0.6 is 0 Å². The third-order valence-electron chi connectivity index (χ3n) is 3.80. The van der Waals surface area contributed by atoms with Crippen LogP contribution in [0.25, 0.3) is 5.69 Å². The van der Waals surface area contributed by atoms with Crippen LogP contribution in [0.4, 0.5) is 11.4 Å². The monoisotopic (exact) mass is 303 g/mol. The number of aliphatic imine (C=N–C) groups is 1. The largest absolute Gasteiger partial charge is 0.378 e. The molecule has 0 amide bonds. The molecular weight excluding hydrogens is 282 g/mol. The van der Waals surface area contributed by atoms with Crippen molar-refractivity contribution < 1.29 is 0 Å². The summed E-state index contributed by atoms with van der Waals surface area (Å²) in [6, 6.07) is 20.8. The van der Waals surface area contributed by atoms with Gasteiger partial charge in [-0.2, -0.15) is 0 Å². The summed E-state index contributed by atoms with van der Waals surface area (Å²) in [4.78, 5) is 6.66. The van der Waals surface area contributed by atoms with E-state index < -0.39 is 0 Å². The summed E-state index contributed by atoms with van der Waals surface area (Å²) in [5.74, 6) is 0. The molecule has 23 heavy (non-hydrogen) atoms. The van der Waals surface area contributed by atoms with Gasteiger partial charge in [0.15, 0.2) is 0 Å². The van der Waals surface area contributed by atoms with Crippen molar-refractivity contribution in [2.75, 3.05) is 19.0 Å². The van der Waals surface area contributed by atoms with E-state index in [4.69, 9.17) is 0 Å². The second-order valence-electron chi connectivity index (χ2n) is 5.81. The van der Waals surface area contributed by atoms with Gasteiger partial charge in [-0.15, -0.1) is 0 Å². The Morgan fingerprint density at radius 2 is 1.61 bits per heavy atom. The van der Waals surface area contributed by atoms with Crippen molar-refractivity contribution in [3.63, 3.8) is 0 Å². The summed E-state index contributed by atoms with van der Waals surface area (Å²) in [5, 5.41) is 0. The van der Waals surface area contributed by atoms with E-state index in [1.165, 1.54) is 11.3 Å². The van der Waals surface area contributed by atoms with Crippen LogP contribution in [0.2, 0.25) is 0 Å². The van der Waals surface area contributed by atoms with Crippen LogP contribution in [0.1, 0.15) is 11.3 Å². The fourth-order valence-corrected chi connectivity index (χ4v) is 2.42. The zero-order valence-electron chi connectivity index (χ0n) is 13.8. The average Bonchev–Trinajstić information content (AvgIpc) is 3.03. The molecule has 0 saturated carbocycles. The van der Waals surface area contributed by atoms with Gasteiger partial charge in [-0.3, -0.25) is 4.99 Å². The first-order valence-electron chi connectivity index (χ1n) is 7.69. The first-order chi connectivity index (χ1) is 11.1. The number of nitrogens with zero attached hydrogens (tertiary/aromatic N) is 3. The van der Waals surface area contributed by atoms with E-state index in [1.54, 1.807) is 0 Å². The molecule has 3 nitrogen and oxygen atoms in total. The Hall–Kier alpha value is -2.81. The second kappa shape index (κ2) is 6.53. The van der Waals surface area contributed by atoms with Gasteiger partial charge in [0.05, 0.1) is 17.6 Å². The predicted molar refractivity (Wildman–Crippen MR) is 98.5 cm³/mol. The number of aromatic nitrogens is 1. The zero-order chi connectivity index (χ0) is 16.2. The highest BCUT2D eigenvalue weighted by molar-refractivity contribution is 5.81. The molecule has 3 rings (SSSR count). The fraction of sp³-hybridized carbons (Fsp3) is 0.150. The van der Waals surface area contributed by atoms with Crippen LogP contribution in [-0.4, -0.2) is 24.9 Å². The summed E-state index contributed by atoms with van der Waals surface area (Å²) >= 11 is 0. The third-order valence-corrected chi connectivity index (χ3v) is 3.80. The number of aryl methyl sites for hydroxylation is 1. The first kappa shape index (κ1) is 15.1. The van der Waals surface area contributed by atoms with Gasteiger partial charge in [0, 0.05) is 31.7 Å². The van der Waals surface area contributed by atoms with Gasteiger partial charge in [0.25, 0.3) is 0 Å². The van der Waals surface area contributed by atoms with Gasteiger partial charge >= 0.3 is 0 Å². The molecule has 3 aromatic rings. The van der Waals surface area contributed by atoms with Crippen molar-refractivity contribution in [2.24, 2.45) is 4.99 Å². The fourth-order valence-electron chi connectivity index (χ4n) is 2.42. The minimum atomic E-state index is 0.964. The highest BCUT2D eigenvalue weighted by Gasteiger charge is 2.02. The van der Waals surface area contributed by atoms with Crippen LogP contribution in [0.3, 0.4) is 0 Å². The minimum Gasteiger partial charge on any atom is -0.378 e. The maximum absolute atomic E-state index is 4.57. The first-order valence-corrected chi connectivity index (χ1v) is 7.69. The van der Waals surface area contributed by atoms with Crippen molar-refractivity contribution in [3.8, 4) is 5.69 Å². The topological polar surface area (TPSA) is 20.5 Å².